The highest BCUT2D eigenvalue weighted by atomic mass is 32.1. The van der Waals surface area contributed by atoms with Gasteiger partial charge in [0.05, 0.1) is 17.7 Å². The summed E-state index contributed by atoms with van der Waals surface area (Å²) < 4.78 is 18.6. The molecule has 0 atom stereocenters. The average Bonchev–Trinajstić information content (AvgIpc) is 2.59. The molecule has 0 spiro atoms. The molecule has 0 aliphatic heterocycles. The second-order valence-electron chi connectivity index (χ2n) is 4.89. The highest BCUT2D eigenvalue weighted by molar-refractivity contribution is 7.80. The van der Waals surface area contributed by atoms with Gasteiger partial charge in [-0.1, -0.05) is 12.1 Å². The smallest absolute Gasteiger partial charge is 0.292 e. The molecule has 2 rings (SSSR count). The highest BCUT2D eigenvalue weighted by Crippen LogP contribution is 2.23. The standard InChI is InChI=1S/C16H15FN4O3S/c1-10(11-7-8-15(24-2)12(17)9-11)19-20-16(25)18-13-5-3-4-6-14(13)21(22)23/h3-9H,1-2H3,(H2,18,20,25)/b19-10-. The van der Waals surface area contributed by atoms with E-state index in [0.29, 0.717) is 11.3 Å². The van der Waals surface area contributed by atoms with Crippen molar-refractivity contribution in [1.29, 1.82) is 0 Å². The minimum Gasteiger partial charge on any atom is -0.494 e. The number of hydrazone groups is 1. The molecule has 25 heavy (non-hydrogen) atoms. The van der Waals surface area contributed by atoms with Crippen molar-refractivity contribution in [1.82, 2.24) is 5.43 Å². The number of nitrogens with one attached hydrogen (secondary N) is 2. The van der Waals surface area contributed by atoms with E-state index in [9.17, 15) is 14.5 Å². The number of anilines is 1. The van der Waals surface area contributed by atoms with Crippen LogP contribution in [0.2, 0.25) is 0 Å². The van der Waals surface area contributed by atoms with Gasteiger partial charge in [0.15, 0.2) is 16.7 Å². The Labute approximate surface area is 148 Å². The van der Waals surface area contributed by atoms with Gasteiger partial charge in [-0.15, -0.1) is 0 Å². The zero-order valence-corrected chi connectivity index (χ0v) is 14.3. The maximum absolute atomic E-state index is 13.7. The van der Waals surface area contributed by atoms with Crippen LogP contribution < -0.4 is 15.5 Å². The molecule has 2 aromatic rings. The van der Waals surface area contributed by atoms with Crippen molar-refractivity contribution in [3.05, 3.63) is 64.0 Å². The van der Waals surface area contributed by atoms with Gasteiger partial charge in [-0.25, -0.2) is 4.39 Å². The van der Waals surface area contributed by atoms with Crippen LogP contribution in [0, 0.1) is 15.9 Å². The second kappa shape index (κ2) is 8.15. The first-order valence-corrected chi connectivity index (χ1v) is 7.52. The molecule has 0 saturated heterocycles. The van der Waals surface area contributed by atoms with Crippen molar-refractivity contribution in [2.24, 2.45) is 5.10 Å². The van der Waals surface area contributed by atoms with E-state index in [1.165, 1.54) is 31.4 Å². The number of benzene rings is 2. The van der Waals surface area contributed by atoms with Crippen LogP contribution in [0.25, 0.3) is 0 Å². The first-order chi connectivity index (χ1) is 11.9. The van der Waals surface area contributed by atoms with Crippen molar-refractivity contribution in [2.75, 3.05) is 12.4 Å². The molecular formula is C16H15FN4O3S. The third-order valence-electron chi connectivity index (χ3n) is 3.24. The van der Waals surface area contributed by atoms with Gasteiger partial charge in [0.2, 0.25) is 0 Å². The van der Waals surface area contributed by atoms with Crippen LogP contribution in [0.3, 0.4) is 0 Å². The average molecular weight is 362 g/mol. The number of rotatable bonds is 5. The van der Waals surface area contributed by atoms with Crippen molar-refractivity contribution in [2.45, 2.75) is 6.92 Å². The molecule has 0 bridgehead atoms. The molecule has 0 aromatic heterocycles. The minimum absolute atomic E-state index is 0.0719. The number of nitro groups is 1. The number of hydrogen-bond acceptors (Lipinski definition) is 5. The van der Waals surface area contributed by atoms with Gasteiger partial charge in [0.1, 0.15) is 5.69 Å². The third-order valence-corrected chi connectivity index (χ3v) is 3.44. The number of halogens is 1. The van der Waals surface area contributed by atoms with E-state index in [4.69, 9.17) is 17.0 Å². The quantitative estimate of drug-likeness (QED) is 0.366. The Bertz CT molecular complexity index is 842. The number of nitrogens with zero attached hydrogens (tertiary/aromatic N) is 2. The summed E-state index contributed by atoms with van der Waals surface area (Å²) in [6.45, 7) is 1.67. The van der Waals surface area contributed by atoms with Gasteiger partial charge < -0.3 is 10.1 Å². The van der Waals surface area contributed by atoms with Gasteiger partial charge in [0, 0.05) is 11.6 Å². The summed E-state index contributed by atoms with van der Waals surface area (Å²) in [4.78, 5) is 10.5. The summed E-state index contributed by atoms with van der Waals surface area (Å²) in [7, 11) is 1.38. The zero-order chi connectivity index (χ0) is 18.4. The Morgan fingerprint density at radius 2 is 2.04 bits per heavy atom. The summed E-state index contributed by atoms with van der Waals surface area (Å²) in [5.41, 5.74) is 3.73. The Hall–Kier alpha value is -3.07. The van der Waals surface area contributed by atoms with E-state index in [1.807, 2.05) is 0 Å². The Kier molecular flexibility index (Phi) is 5.96. The van der Waals surface area contributed by atoms with Gasteiger partial charge in [0.25, 0.3) is 5.69 Å². The molecule has 130 valence electrons. The number of ether oxygens (including phenoxy) is 1. The van der Waals surface area contributed by atoms with E-state index in [2.05, 4.69) is 15.8 Å². The molecule has 0 aliphatic carbocycles. The first-order valence-electron chi connectivity index (χ1n) is 7.11. The lowest BCUT2D eigenvalue weighted by molar-refractivity contribution is -0.383. The normalized spacial score (nSPS) is 10.9. The molecule has 0 amide bonds. The third kappa shape index (κ3) is 4.70. The molecule has 7 nitrogen and oxygen atoms in total. The van der Waals surface area contributed by atoms with Crippen LogP contribution >= 0.6 is 12.2 Å². The van der Waals surface area contributed by atoms with E-state index >= 15 is 0 Å². The largest absolute Gasteiger partial charge is 0.494 e. The molecule has 0 heterocycles. The second-order valence-corrected chi connectivity index (χ2v) is 5.29. The van der Waals surface area contributed by atoms with Crippen LogP contribution in [-0.4, -0.2) is 22.9 Å². The Morgan fingerprint density at radius 3 is 2.68 bits per heavy atom. The number of thiocarbonyl (C=S) groups is 1. The molecule has 9 heteroatoms. The van der Waals surface area contributed by atoms with Crippen molar-refractivity contribution in [3.8, 4) is 5.75 Å². The predicted octanol–water partition coefficient (Wildman–Crippen LogP) is 3.45. The number of methoxy groups -OCH3 is 1. The number of nitro benzene ring substituents is 1. The summed E-state index contributed by atoms with van der Waals surface area (Å²) in [5, 5.41) is 17.8. The van der Waals surface area contributed by atoms with Crippen LogP contribution in [0.15, 0.2) is 47.6 Å². The summed E-state index contributed by atoms with van der Waals surface area (Å²) in [5.74, 6) is -0.367. The summed E-state index contributed by atoms with van der Waals surface area (Å²) >= 11 is 5.07. The SMILES string of the molecule is COc1ccc(/C(C)=N\NC(=S)Nc2ccccc2[N+](=O)[O-])cc1F. The number of para-hydroxylation sites is 2. The lowest BCUT2D eigenvalue weighted by Crippen LogP contribution is -2.25. The monoisotopic (exact) mass is 362 g/mol. The molecule has 0 fully saturated rings. The van der Waals surface area contributed by atoms with Crippen LogP contribution in [0.1, 0.15) is 12.5 Å². The van der Waals surface area contributed by atoms with E-state index in [-0.39, 0.29) is 22.2 Å². The Balaban J connectivity index is 2.07. The lowest BCUT2D eigenvalue weighted by Gasteiger charge is -2.09. The maximum Gasteiger partial charge on any atom is 0.292 e. The fourth-order valence-corrected chi connectivity index (χ4v) is 2.14. The van der Waals surface area contributed by atoms with E-state index in [0.717, 1.165) is 0 Å². The first kappa shape index (κ1) is 18.3. The van der Waals surface area contributed by atoms with Crippen LogP contribution in [0.4, 0.5) is 15.8 Å². The van der Waals surface area contributed by atoms with Crippen LogP contribution in [-0.2, 0) is 0 Å². The lowest BCUT2D eigenvalue weighted by atomic mass is 10.1. The molecule has 0 unspecified atom stereocenters. The molecule has 0 radical (unpaired) electrons. The topological polar surface area (TPSA) is 88.8 Å². The zero-order valence-electron chi connectivity index (χ0n) is 13.4. The van der Waals surface area contributed by atoms with Gasteiger partial charge in [-0.2, -0.15) is 5.10 Å². The highest BCUT2D eigenvalue weighted by Gasteiger charge is 2.13. The molecule has 0 aliphatic rings. The molecule has 2 aromatic carbocycles. The summed E-state index contributed by atoms with van der Waals surface area (Å²) in [6.07, 6.45) is 0. The summed E-state index contributed by atoms with van der Waals surface area (Å²) in [6, 6.07) is 10.5. The van der Waals surface area contributed by atoms with E-state index < -0.39 is 10.7 Å². The minimum atomic E-state index is -0.514. The van der Waals surface area contributed by atoms with Crippen molar-refractivity contribution >= 4 is 34.4 Å². The van der Waals surface area contributed by atoms with Gasteiger partial charge in [-0.3, -0.25) is 15.5 Å². The number of hydrogen-bond donors (Lipinski definition) is 2. The van der Waals surface area contributed by atoms with Crippen molar-refractivity contribution < 1.29 is 14.1 Å². The van der Waals surface area contributed by atoms with Gasteiger partial charge in [-0.05, 0) is 43.4 Å². The van der Waals surface area contributed by atoms with Gasteiger partial charge >= 0.3 is 0 Å². The van der Waals surface area contributed by atoms with E-state index in [1.54, 1.807) is 25.1 Å². The Morgan fingerprint density at radius 1 is 1.32 bits per heavy atom. The predicted molar refractivity (Wildman–Crippen MR) is 97.6 cm³/mol. The fourth-order valence-electron chi connectivity index (χ4n) is 1.98. The molecular weight excluding hydrogens is 347 g/mol. The molecule has 2 N–H and O–H groups in total. The van der Waals surface area contributed by atoms with Crippen molar-refractivity contribution in [3.63, 3.8) is 0 Å². The maximum atomic E-state index is 13.7. The van der Waals surface area contributed by atoms with Crippen LogP contribution in [0.5, 0.6) is 5.75 Å². The molecule has 0 saturated carbocycles. The fraction of sp³-hybridized carbons (Fsp3) is 0.125.